The first-order valence-corrected chi connectivity index (χ1v) is 9.12. The minimum atomic E-state index is 0.591. The Labute approximate surface area is 144 Å². The Morgan fingerprint density at radius 1 is 1.05 bits per heavy atom. The first-order valence-electron chi connectivity index (χ1n) is 7.21. The molecule has 0 N–H and O–H groups in total. The summed E-state index contributed by atoms with van der Waals surface area (Å²) >= 11 is 7.11. The minimum Gasteiger partial charge on any atom is -0.382 e. The zero-order valence-corrected chi connectivity index (χ0v) is 15.7. The van der Waals surface area contributed by atoms with E-state index in [-0.39, 0.29) is 0 Å². The molecule has 0 aromatic heterocycles. The monoisotopic (exact) mass is 422 g/mol. The first-order chi connectivity index (χ1) is 10.3. The minimum absolute atomic E-state index is 0.591. The summed E-state index contributed by atoms with van der Waals surface area (Å²) < 4.78 is 17.0. The molecule has 0 spiro atoms. The van der Waals surface area contributed by atoms with E-state index in [0.717, 1.165) is 29.3 Å². The lowest BCUT2D eigenvalue weighted by Crippen LogP contribution is -2.13. The highest BCUT2D eigenvalue weighted by molar-refractivity contribution is 9.10. The second-order valence-corrected chi connectivity index (χ2v) is 6.42. The summed E-state index contributed by atoms with van der Waals surface area (Å²) in [5.74, 6) is 0.591. The molecule has 1 unspecified atom stereocenters. The second-order valence-electron chi connectivity index (χ2n) is 4.86. The molecule has 0 fully saturated rings. The lowest BCUT2D eigenvalue weighted by atomic mass is 9.98. The molecule has 120 valence electrons. The zero-order valence-electron chi connectivity index (χ0n) is 12.5. The largest absolute Gasteiger partial charge is 0.382 e. The second kappa shape index (κ2) is 12.6. The lowest BCUT2D eigenvalue weighted by Gasteiger charge is -2.14. The van der Waals surface area contributed by atoms with Crippen LogP contribution in [0.25, 0.3) is 0 Å². The predicted octanol–water partition coefficient (Wildman–Crippen LogP) is 4.07. The molecule has 0 bridgehead atoms. The van der Waals surface area contributed by atoms with Gasteiger partial charge in [0.1, 0.15) is 0 Å². The van der Waals surface area contributed by atoms with E-state index in [9.17, 15) is 0 Å². The zero-order chi connectivity index (χ0) is 15.3. The number of alkyl halides is 1. The van der Waals surface area contributed by atoms with E-state index in [1.54, 1.807) is 7.11 Å². The SMILES string of the molecule is COCCOCCOCCC(CBr)Cc1cccc(Br)c1. The summed E-state index contributed by atoms with van der Waals surface area (Å²) in [6, 6.07) is 8.49. The fourth-order valence-electron chi connectivity index (χ4n) is 1.95. The topological polar surface area (TPSA) is 27.7 Å². The van der Waals surface area contributed by atoms with Gasteiger partial charge in [-0.25, -0.2) is 0 Å². The number of ether oxygens (including phenoxy) is 3. The summed E-state index contributed by atoms with van der Waals surface area (Å²) in [7, 11) is 1.67. The van der Waals surface area contributed by atoms with Gasteiger partial charge in [-0.15, -0.1) is 0 Å². The Bertz CT molecular complexity index is 374. The summed E-state index contributed by atoms with van der Waals surface area (Å²) in [5.41, 5.74) is 1.36. The Balaban J connectivity index is 2.11. The molecule has 0 aliphatic carbocycles. The van der Waals surface area contributed by atoms with Crippen molar-refractivity contribution in [2.75, 3.05) is 45.5 Å². The van der Waals surface area contributed by atoms with Crippen molar-refractivity contribution in [2.45, 2.75) is 12.8 Å². The number of methoxy groups -OCH3 is 1. The summed E-state index contributed by atoms with van der Waals surface area (Å²) in [6.07, 6.45) is 2.12. The average molecular weight is 424 g/mol. The van der Waals surface area contributed by atoms with Crippen LogP contribution in [0.2, 0.25) is 0 Å². The third-order valence-electron chi connectivity index (χ3n) is 3.11. The maximum Gasteiger partial charge on any atom is 0.0701 e. The molecule has 0 aliphatic heterocycles. The van der Waals surface area contributed by atoms with Crippen molar-refractivity contribution in [3.05, 3.63) is 34.3 Å². The Kier molecular flexibility index (Phi) is 11.5. The smallest absolute Gasteiger partial charge is 0.0701 e. The van der Waals surface area contributed by atoms with Gasteiger partial charge in [0.15, 0.2) is 0 Å². The van der Waals surface area contributed by atoms with E-state index < -0.39 is 0 Å². The number of hydrogen-bond donors (Lipinski definition) is 0. The molecule has 5 heteroatoms. The highest BCUT2D eigenvalue weighted by atomic mass is 79.9. The molecule has 0 saturated carbocycles. The molecule has 1 aromatic carbocycles. The van der Waals surface area contributed by atoms with E-state index >= 15 is 0 Å². The highest BCUT2D eigenvalue weighted by Gasteiger charge is 2.08. The maximum absolute atomic E-state index is 5.61. The van der Waals surface area contributed by atoms with Gasteiger partial charge in [-0.05, 0) is 36.5 Å². The molecule has 3 nitrogen and oxygen atoms in total. The van der Waals surface area contributed by atoms with E-state index in [1.807, 2.05) is 0 Å². The predicted molar refractivity (Wildman–Crippen MR) is 93.3 cm³/mol. The van der Waals surface area contributed by atoms with E-state index in [4.69, 9.17) is 14.2 Å². The lowest BCUT2D eigenvalue weighted by molar-refractivity contribution is 0.0223. The van der Waals surface area contributed by atoms with Crippen molar-refractivity contribution in [3.63, 3.8) is 0 Å². The fraction of sp³-hybridized carbons (Fsp3) is 0.625. The van der Waals surface area contributed by atoms with Gasteiger partial charge in [-0.3, -0.25) is 0 Å². The third-order valence-corrected chi connectivity index (χ3v) is 4.51. The summed E-state index contributed by atoms with van der Waals surface area (Å²) in [5, 5.41) is 0.993. The molecule has 0 radical (unpaired) electrons. The van der Waals surface area contributed by atoms with Crippen molar-refractivity contribution in [1.29, 1.82) is 0 Å². The van der Waals surface area contributed by atoms with Crippen molar-refractivity contribution in [1.82, 2.24) is 0 Å². The third kappa shape index (κ3) is 9.63. The van der Waals surface area contributed by atoms with Crippen molar-refractivity contribution >= 4 is 31.9 Å². The molecular formula is C16H24Br2O3. The van der Waals surface area contributed by atoms with Crippen molar-refractivity contribution in [3.8, 4) is 0 Å². The van der Waals surface area contributed by atoms with Crippen LogP contribution >= 0.6 is 31.9 Å². The van der Waals surface area contributed by atoms with Crippen LogP contribution in [0.3, 0.4) is 0 Å². The summed E-state index contributed by atoms with van der Waals surface area (Å²) in [6.45, 7) is 3.33. The normalized spacial score (nSPS) is 12.5. The molecule has 1 aromatic rings. The Hall–Kier alpha value is 0.0600. The van der Waals surface area contributed by atoms with Crippen molar-refractivity contribution < 1.29 is 14.2 Å². The van der Waals surface area contributed by atoms with Gasteiger partial charge in [0.05, 0.1) is 26.4 Å². The van der Waals surface area contributed by atoms with Crippen LogP contribution in [0.4, 0.5) is 0 Å². The molecule has 21 heavy (non-hydrogen) atoms. The van der Waals surface area contributed by atoms with E-state index in [0.29, 0.717) is 32.3 Å². The van der Waals surface area contributed by atoms with Gasteiger partial charge >= 0.3 is 0 Å². The van der Waals surface area contributed by atoms with Crippen LogP contribution in [0, 0.1) is 5.92 Å². The molecular weight excluding hydrogens is 400 g/mol. The quantitative estimate of drug-likeness (QED) is 0.374. The Morgan fingerprint density at radius 2 is 1.76 bits per heavy atom. The van der Waals surface area contributed by atoms with Gasteiger partial charge < -0.3 is 14.2 Å². The van der Waals surface area contributed by atoms with E-state index in [1.165, 1.54) is 5.56 Å². The molecule has 1 rings (SSSR count). The van der Waals surface area contributed by atoms with Gasteiger partial charge in [-0.2, -0.15) is 0 Å². The van der Waals surface area contributed by atoms with Gasteiger partial charge in [0.25, 0.3) is 0 Å². The fourth-order valence-corrected chi connectivity index (χ4v) is 2.94. The van der Waals surface area contributed by atoms with Crippen LogP contribution in [-0.2, 0) is 20.6 Å². The number of halogens is 2. The molecule has 0 saturated heterocycles. The average Bonchev–Trinajstić information content (AvgIpc) is 2.48. The molecule has 0 heterocycles. The van der Waals surface area contributed by atoms with Crippen LogP contribution in [0.15, 0.2) is 28.7 Å². The number of rotatable bonds is 12. The van der Waals surface area contributed by atoms with Crippen LogP contribution in [0.5, 0.6) is 0 Å². The van der Waals surface area contributed by atoms with Gasteiger partial charge in [-0.1, -0.05) is 44.0 Å². The van der Waals surface area contributed by atoms with E-state index in [2.05, 4.69) is 56.1 Å². The van der Waals surface area contributed by atoms with Crippen LogP contribution < -0.4 is 0 Å². The summed E-state index contributed by atoms with van der Waals surface area (Å²) in [4.78, 5) is 0. The highest BCUT2D eigenvalue weighted by Crippen LogP contribution is 2.18. The van der Waals surface area contributed by atoms with Crippen LogP contribution in [-0.4, -0.2) is 45.5 Å². The maximum atomic E-state index is 5.61. The number of hydrogen-bond acceptors (Lipinski definition) is 3. The number of benzene rings is 1. The molecule has 0 aliphatic rings. The van der Waals surface area contributed by atoms with Gasteiger partial charge in [0, 0.05) is 23.5 Å². The first kappa shape index (κ1) is 19.1. The van der Waals surface area contributed by atoms with Gasteiger partial charge in [0.2, 0.25) is 0 Å². The molecule has 0 amide bonds. The molecule has 1 atom stereocenters. The van der Waals surface area contributed by atoms with Crippen LogP contribution in [0.1, 0.15) is 12.0 Å². The van der Waals surface area contributed by atoms with Crippen molar-refractivity contribution in [2.24, 2.45) is 5.92 Å². The standard InChI is InChI=1S/C16H24Br2O3/c1-19-7-8-21-10-9-20-6-5-15(13-17)11-14-3-2-4-16(18)12-14/h2-4,12,15H,5-11,13H2,1H3. The Morgan fingerprint density at radius 3 is 2.43 bits per heavy atom.